The smallest absolute Gasteiger partial charge is 0.135 e. The number of rotatable bonds is 4. The monoisotopic (exact) mass is 369 g/mol. The van der Waals surface area contributed by atoms with Gasteiger partial charge in [-0.25, -0.2) is 9.97 Å². The highest BCUT2D eigenvalue weighted by Gasteiger charge is 2.03. The van der Waals surface area contributed by atoms with Crippen LogP contribution in [0.5, 0.6) is 0 Å². The average Bonchev–Trinajstić information content (AvgIpc) is 2.32. The summed E-state index contributed by atoms with van der Waals surface area (Å²) >= 11 is 6.82. The SMILES string of the molecule is CCCc1nc(Br)cc(Nc2ccc(Br)cc2)n1. The quantitative estimate of drug-likeness (QED) is 0.792. The second-order valence-corrected chi connectivity index (χ2v) is 5.60. The summed E-state index contributed by atoms with van der Waals surface area (Å²) in [7, 11) is 0. The van der Waals surface area contributed by atoms with E-state index >= 15 is 0 Å². The third-order valence-corrected chi connectivity index (χ3v) is 3.27. The first-order valence-electron chi connectivity index (χ1n) is 5.73. The number of anilines is 2. The summed E-state index contributed by atoms with van der Waals surface area (Å²) in [5, 5.41) is 3.27. The van der Waals surface area contributed by atoms with Gasteiger partial charge in [0.1, 0.15) is 16.2 Å². The molecule has 1 heterocycles. The Morgan fingerprint density at radius 1 is 1.11 bits per heavy atom. The molecule has 1 aromatic heterocycles. The van der Waals surface area contributed by atoms with Crippen molar-refractivity contribution >= 4 is 43.4 Å². The maximum absolute atomic E-state index is 4.48. The molecule has 0 saturated carbocycles. The van der Waals surface area contributed by atoms with Gasteiger partial charge in [0.05, 0.1) is 0 Å². The third kappa shape index (κ3) is 3.78. The Balaban J connectivity index is 2.20. The van der Waals surface area contributed by atoms with Gasteiger partial charge in [-0.1, -0.05) is 22.9 Å². The Kier molecular flexibility index (Phi) is 4.72. The second kappa shape index (κ2) is 6.29. The molecule has 2 rings (SSSR count). The van der Waals surface area contributed by atoms with Crippen LogP contribution in [0.2, 0.25) is 0 Å². The van der Waals surface area contributed by atoms with Gasteiger partial charge in [0, 0.05) is 22.6 Å². The highest BCUT2D eigenvalue weighted by molar-refractivity contribution is 9.10. The molecule has 2 aromatic rings. The molecule has 0 spiro atoms. The number of aromatic nitrogens is 2. The van der Waals surface area contributed by atoms with E-state index in [2.05, 4.69) is 54.1 Å². The van der Waals surface area contributed by atoms with E-state index in [1.165, 1.54) is 0 Å². The van der Waals surface area contributed by atoms with Crippen LogP contribution in [0, 0.1) is 0 Å². The summed E-state index contributed by atoms with van der Waals surface area (Å²) in [4.78, 5) is 8.81. The van der Waals surface area contributed by atoms with Gasteiger partial charge in [-0.05, 0) is 46.6 Å². The highest BCUT2D eigenvalue weighted by atomic mass is 79.9. The molecule has 1 N–H and O–H groups in total. The van der Waals surface area contributed by atoms with Gasteiger partial charge < -0.3 is 5.32 Å². The van der Waals surface area contributed by atoms with Crippen LogP contribution < -0.4 is 5.32 Å². The molecule has 5 heteroatoms. The van der Waals surface area contributed by atoms with Crippen molar-refractivity contribution < 1.29 is 0 Å². The fourth-order valence-electron chi connectivity index (χ4n) is 1.55. The number of aryl methyl sites for hydroxylation is 1. The first kappa shape index (κ1) is 13.5. The zero-order chi connectivity index (χ0) is 13.0. The van der Waals surface area contributed by atoms with E-state index in [0.29, 0.717) is 0 Å². The molecule has 0 aliphatic heterocycles. The largest absolute Gasteiger partial charge is 0.340 e. The van der Waals surface area contributed by atoms with E-state index in [9.17, 15) is 0 Å². The molecule has 0 aliphatic rings. The van der Waals surface area contributed by atoms with Crippen molar-refractivity contribution in [2.24, 2.45) is 0 Å². The number of halogens is 2. The summed E-state index contributed by atoms with van der Waals surface area (Å²) in [6, 6.07) is 9.86. The average molecular weight is 371 g/mol. The molecule has 0 unspecified atom stereocenters. The predicted molar refractivity (Wildman–Crippen MR) is 81.2 cm³/mol. The van der Waals surface area contributed by atoms with Crippen LogP contribution in [-0.2, 0) is 6.42 Å². The Bertz CT molecular complexity index is 526. The molecule has 94 valence electrons. The molecule has 3 nitrogen and oxygen atoms in total. The maximum Gasteiger partial charge on any atom is 0.135 e. The van der Waals surface area contributed by atoms with Gasteiger partial charge in [0.15, 0.2) is 0 Å². The third-order valence-electron chi connectivity index (χ3n) is 2.33. The van der Waals surface area contributed by atoms with Gasteiger partial charge >= 0.3 is 0 Å². The first-order chi connectivity index (χ1) is 8.67. The Morgan fingerprint density at radius 3 is 2.50 bits per heavy atom. The molecule has 18 heavy (non-hydrogen) atoms. The standard InChI is InChI=1S/C13H13Br2N3/c1-2-3-12-17-11(15)8-13(18-12)16-10-6-4-9(14)5-7-10/h4-8H,2-3H2,1H3,(H,16,17,18). The zero-order valence-electron chi connectivity index (χ0n) is 9.95. The lowest BCUT2D eigenvalue weighted by molar-refractivity contribution is 0.831. The molecule has 0 radical (unpaired) electrons. The number of benzene rings is 1. The zero-order valence-corrected chi connectivity index (χ0v) is 13.1. The molecule has 0 bridgehead atoms. The van der Waals surface area contributed by atoms with Crippen LogP contribution in [0.1, 0.15) is 19.2 Å². The minimum atomic E-state index is 0.806. The van der Waals surface area contributed by atoms with Crippen LogP contribution in [0.3, 0.4) is 0 Å². The summed E-state index contributed by atoms with van der Waals surface area (Å²) < 4.78 is 1.86. The van der Waals surface area contributed by atoms with Crippen LogP contribution >= 0.6 is 31.9 Å². The van der Waals surface area contributed by atoms with Crippen LogP contribution in [0.4, 0.5) is 11.5 Å². The topological polar surface area (TPSA) is 37.8 Å². The van der Waals surface area contributed by atoms with E-state index in [1.54, 1.807) is 0 Å². The fraction of sp³-hybridized carbons (Fsp3) is 0.231. The van der Waals surface area contributed by atoms with Gasteiger partial charge in [-0.2, -0.15) is 0 Å². The normalized spacial score (nSPS) is 10.4. The second-order valence-electron chi connectivity index (χ2n) is 3.87. The molecule has 0 atom stereocenters. The lowest BCUT2D eigenvalue weighted by atomic mass is 10.3. The summed E-state index contributed by atoms with van der Waals surface area (Å²) in [6.07, 6.45) is 1.92. The molecule has 0 aliphatic carbocycles. The van der Waals surface area contributed by atoms with Crippen molar-refractivity contribution in [1.29, 1.82) is 0 Å². The number of hydrogen-bond donors (Lipinski definition) is 1. The van der Waals surface area contributed by atoms with Crippen molar-refractivity contribution in [3.63, 3.8) is 0 Å². The van der Waals surface area contributed by atoms with Crippen LogP contribution in [0.25, 0.3) is 0 Å². The van der Waals surface area contributed by atoms with Crippen molar-refractivity contribution in [1.82, 2.24) is 9.97 Å². The van der Waals surface area contributed by atoms with E-state index in [1.807, 2.05) is 30.3 Å². The van der Waals surface area contributed by atoms with E-state index < -0.39 is 0 Å². The van der Waals surface area contributed by atoms with Gasteiger partial charge in [-0.3, -0.25) is 0 Å². The minimum Gasteiger partial charge on any atom is -0.340 e. The van der Waals surface area contributed by atoms with E-state index in [-0.39, 0.29) is 0 Å². The predicted octanol–water partition coefficient (Wildman–Crippen LogP) is 4.70. The maximum atomic E-state index is 4.48. The van der Waals surface area contributed by atoms with Crippen molar-refractivity contribution in [3.8, 4) is 0 Å². The Morgan fingerprint density at radius 2 is 1.83 bits per heavy atom. The summed E-state index contributed by atoms with van der Waals surface area (Å²) in [5.74, 6) is 1.66. The molecular weight excluding hydrogens is 358 g/mol. The van der Waals surface area contributed by atoms with Crippen molar-refractivity contribution in [2.75, 3.05) is 5.32 Å². The molecule has 1 aromatic carbocycles. The molecule has 0 amide bonds. The van der Waals surface area contributed by atoms with E-state index in [0.717, 1.165) is 39.2 Å². The van der Waals surface area contributed by atoms with Crippen molar-refractivity contribution in [2.45, 2.75) is 19.8 Å². The highest BCUT2D eigenvalue weighted by Crippen LogP contribution is 2.20. The van der Waals surface area contributed by atoms with Crippen LogP contribution in [-0.4, -0.2) is 9.97 Å². The summed E-state index contributed by atoms with van der Waals surface area (Å²) in [5.41, 5.74) is 1.01. The van der Waals surface area contributed by atoms with Crippen LogP contribution in [0.15, 0.2) is 39.4 Å². The Labute approximate surface area is 123 Å². The number of nitrogens with zero attached hydrogens (tertiary/aromatic N) is 2. The number of nitrogens with one attached hydrogen (secondary N) is 1. The fourth-order valence-corrected chi connectivity index (χ4v) is 2.23. The van der Waals surface area contributed by atoms with Crippen molar-refractivity contribution in [3.05, 3.63) is 45.2 Å². The lowest BCUT2D eigenvalue weighted by Gasteiger charge is -2.07. The first-order valence-corrected chi connectivity index (χ1v) is 7.32. The molecule has 0 fully saturated rings. The van der Waals surface area contributed by atoms with E-state index in [4.69, 9.17) is 0 Å². The summed E-state index contributed by atoms with van der Waals surface area (Å²) in [6.45, 7) is 2.12. The minimum absolute atomic E-state index is 0.806. The van der Waals surface area contributed by atoms with Gasteiger partial charge in [0.25, 0.3) is 0 Å². The molecular formula is C13H13Br2N3. The lowest BCUT2D eigenvalue weighted by Crippen LogP contribution is -2.00. The Hall–Kier alpha value is -0.940. The van der Waals surface area contributed by atoms with Gasteiger partial charge in [0.2, 0.25) is 0 Å². The number of hydrogen-bond acceptors (Lipinski definition) is 3. The van der Waals surface area contributed by atoms with Gasteiger partial charge in [-0.15, -0.1) is 0 Å². The molecule has 0 saturated heterocycles.